The second-order valence-corrected chi connectivity index (χ2v) is 9.95. The Hall–Kier alpha value is -1.34. The predicted octanol–water partition coefficient (Wildman–Crippen LogP) is 4.07. The van der Waals surface area contributed by atoms with E-state index in [0.717, 1.165) is 60.3 Å². The van der Waals surface area contributed by atoms with Gasteiger partial charge in [-0.2, -0.15) is 0 Å². The number of nitrogens with zero attached hydrogens (tertiary/aromatic N) is 2. The van der Waals surface area contributed by atoms with Gasteiger partial charge in [0.05, 0.1) is 10.6 Å². The smallest absolute Gasteiger partial charge is 0.263 e. The van der Waals surface area contributed by atoms with E-state index in [9.17, 15) is 9.59 Å². The van der Waals surface area contributed by atoms with E-state index in [1.54, 1.807) is 11.3 Å². The maximum atomic E-state index is 13.6. The molecule has 0 aromatic carbocycles. The second-order valence-electron chi connectivity index (χ2n) is 7.55. The molecule has 0 spiro atoms. The van der Waals surface area contributed by atoms with Crippen LogP contribution in [-0.2, 0) is 17.6 Å². The maximum Gasteiger partial charge on any atom is 0.263 e. The highest BCUT2D eigenvalue weighted by Gasteiger charge is 2.28. The summed E-state index contributed by atoms with van der Waals surface area (Å²) >= 11 is 3.11. The van der Waals surface area contributed by atoms with E-state index in [0.29, 0.717) is 6.54 Å². The molecule has 4 rings (SSSR count). The summed E-state index contributed by atoms with van der Waals surface area (Å²) in [6.45, 7) is 4.43. The molecule has 0 saturated heterocycles. The number of amides is 1. The van der Waals surface area contributed by atoms with Crippen LogP contribution in [0.4, 0.5) is 0 Å². The fraction of sp³-hybridized carbons (Fsp3) is 0.650. The summed E-state index contributed by atoms with van der Waals surface area (Å²) < 4.78 is 1.93. The third kappa shape index (κ3) is 3.56. The van der Waals surface area contributed by atoms with Crippen LogP contribution in [0.2, 0.25) is 0 Å². The van der Waals surface area contributed by atoms with E-state index < -0.39 is 0 Å². The molecule has 146 valence electrons. The quantitative estimate of drug-likeness (QED) is 0.602. The summed E-state index contributed by atoms with van der Waals surface area (Å²) in [5.41, 5.74) is 1.37. The minimum absolute atomic E-state index is 0.000270. The van der Waals surface area contributed by atoms with Gasteiger partial charge in [0.25, 0.3) is 5.56 Å². The highest BCUT2D eigenvalue weighted by Crippen LogP contribution is 2.38. The minimum atomic E-state index is -0.267. The molecule has 1 amide bonds. The predicted molar refractivity (Wildman–Crippen MR) is 112 cm³/mol. The first-order valence-electron chi connectivity index (χ1n) is 10.1. The van der Waals surface area contributed by atoms with E-state index in [1.165, 1.54) is 28.6 Å². The highest BCUT2D eigenvalue weighted by atomic mass is 32.2. The van der Waals surface area contributed by atoms with Crippen LogP contribution in [0, 0.1) is 0 Å². The Kier molecular flexibility index (Phi) is 5.60. The fourth-order valence-electron chi connectivity index (χ4n) is 4.30. The van der Waals surface area contributed by atoms with Crippen molar-refractivity contribution in [3.05, 3.63) is 20.8 Å². The summed E-state index contributed by atoms with van der Waals surface area (Å²) in [5.74, 6) is 0.000270. The number of thiophene rings is 1. The lowest BCUT2D eigenvalue weighted by Gasteiger charge is -2.20. The number of fused-ring (bicyclic) bond motifs is 3. The van der Waals surface area contributed by atoms with Crippen molar-refractivity contribution >= 4 is 39.2 Å². The molecule has 1 fully saturated rings. The van der Waals surface area contributed by atoms with Gasteiger partial charge >= 0.3 is 0 Å². The van der Waals surface area contributed by atoms with Gasteiger partial charge < -0.3 is 5.32 Å². The molecule has 0 unspecified atom stereocenters. The van der Waals surface area contributed by atoms with Crippen LogP contribution in [0.5, 0.6) is 0 Å². The van der Waals surface area contributed by atoms with Crippen molar-refractivity contribution in [3.63, 3.8) is 0 Å². The number of carbonyl (C=O) groups excluding carboxylic acids is 1. The van der Waals surface area contributed by atoms with Crippen molar-refractivity contribution < 1.29 is 4.79 Å². The number of hydrogen-bond donors (Lipinski definition) is 1. The van der Waals surface area contributed by atoms with Gasteiger partial charge in [0.15, 0.2) is 5.16 Å². The summed E-state index contributed by atoms with van der Waals surface area (Å²) in [4.78, 5) is 33.0. The fourth-order valence-corrected chi connectivity index (χ4v) is 6.60. The number of aromatic nitrogens is 2. The first kappa shape index (κ1) is 19.0. The molecule has 0 bridgehead atoms. The van der Waals surface area contributed by atoms with Crippen molar-refractivity contribution in [2.24, 2.45) is 0 Å². The topological polar surface area (TPSA) is 64.0 Å². The third-order valence-corrected chi connectivity index (χ3v) is 7.93. The van der Waals surface area contributed by atoms with Gasteiger partial charge in [-0.3, -0.25) is 14.2 Å². The largest absolute Gasteiger partial charge is 0.355 e. The molecule has 1 N–H and O–H groups in total. The highest BCUT2D eigenvalue weighted by molar-refractivity contribution is 8.00. The van der Waals surface area contributed by atoms with Crippen LogP contribution in [0.15, 0.2) is 9.95 Å². The zero-order chi connectivity index (χ0) is 19.0. The van der Waals surface area contributed by atoms with E-state index in [4.69, 9.17) is 4.98 Å². The molecule has 2 heterocycles. The van der Waals surface area contributed by atoms with Gasteiger partial charge in [-0.1, -0.05) is 24.6 Å². The molecule has 2 aliphatic rings. The molecule has 0 radical (unpaired) electrons. The molecule has 0 aliphatic heterocycles. The molecular formula is C20H27N3O2S2. The van der Waals surface area contributed by atoms with Crippen molar-refractivity contribution in [1.82, 2.24) is 14.9 Å². The van der Waals surface area contributed by atoms with Crippen LogP contribution in [0.25, 0.3) is 10.2 Å². The van der Waals surface area contributed by atoms with Gasteiger partial charge in [-0.15, -0.1) is 11.3 Å². The lowest BCUT2D eigenvalue weighted by molar-refractivity contribution is -0.120. The number of carbonyl (C=O) groups is 1. The molecule has 5 nitrogen and oxygen atoms in total. The van der Waals surface area contributed by atoms with E-state index in [2.05, 4.69) is 5.32 Å². The molecule has 27 heavy (non-hydrogen) atoms. The summed E-state index contributed by atoms with van der Waals surface area (Å²) in [7, 11) is 0. The van der Waals surface area contributed by atoms with Crippen LogP contribution >= 0.6 is 23.1 Å². The zero-order valence-corrected chi connectivity index (χ0v) is 17.7. The monoisotopic (exact) mass is 405 g/mol. The first-order valence-corrected chi connectivity index (χ1v) is 11.8. The second kappa shape index (κ2) is 7.95. The average Bonchev–Trinajstić information content (AvgIpc) is 3.29. The standard InChI is InChI=1S/C20H27N3O2S2/c1-3-21-17(24)12(2)26-20-22-18-16(14-10-6-7-11-15(14)27-18)19(25)23(20)13-8-4-5-9-13/h12-13H,3-11H2,1-2H3,(H,21,24)/t12-/m0/s1. The Balaban J connectivity index is 1.82. The number of hydrogen-bond acceptors (Lipinski definition) is 5. The average molecular weight is 406 g/mol. The van der Waals surface area contributed by atoms with Crippen LogP contribution in [0.1, 0.15) is 68.9 Å². The van der Waals surface area contributed by atoms with Gasteiger partial charge in [0.2, 0.25) is 5.91 Å². The Bertz CT molecular complexity index is 912. The SMILES string of the molecule is CCNC(=O)[C@H](C)Sc1nc2sc3c(c2c(=O)n1C1CCCC1)CCCC3. The minimum Gasteiger partial charge on any atom is -0.355 e. The van der Waals surface area contributed by atoms with Crippen molar-refractivity contribution in [1.29, 1.82) is 0 Å². The van der Waals surface area contributed by atoms with Crippen LogP contribution in [0.3, 0.4) is 0 Å². The Morgan fingerprint density at radius 1 is 1.30 bits per heavy atom. The molecule has 2 aromatic rings. The normalized spacial score (nSPS) is 18.6. The number of aryl methyl sites for hydroxylation is 2. The van der Waals surface area contributed by atoms with E-state index in [1.807, 2.05) is 18.4 Å². The van der Waals surface area contributed by atoms with Crippen molar-refractivity contribution in [2.75, 3.05) is 6.54 Å². The molecular weight excluding hydrogens is 378 g/mol. The summed E-state index contributed by atoms with van der Waals surface area (Å²) in [6, 6.07) is 0.220. The van der Waals surface area contributed by atoms with Gasteiger partial charge in [-0.05, 0) is 57.9 Å². The number of thioether (sulfide) groups is 1. The van der Waals surface area contributed by atoms with Crippen molar-refractivity contribution in [3.8, 4) is 0 Å². The molecule has 1 saturated carbocycles. The summed E-state index contributed by atoms with van der Waals surface area (Å²) in [5, 5.41) is 4.18. The van der Waals surface area contributed by atoms with Crippen LogP contribution in [-0.4, -0.2) is 27.3 Å². The first-order chi connectivity index (χ1) is 13.1. The van der Waals surface area contributed by atoms with Gasteiger partial charge in [0.1, 0.15) is 4.83 Å². The van der Waals surface area contributed by atoms with Gasteiger partial charge in [-0.25, -0.2) is 4.98 Å². The van der Waals surface area contributed by atoms with E-state index in [-0.39, 0.29) is 22.8 Å². The Morgan fingerprint density at radius 2 is 2.04 bits per heavy atom. The number of nitrogens with one attached hydrogen (secondary N) is 1. The lowest BCUT2D eigenvalue weighted by Crippen LogP contribution is -2.32. The molecule has 2 aromatic heterocycles. The lowest BCUT2D eigenvalue weighted by atomic mass is 9.97. The van der Waals surface area contributed by atoms with E-state index >= 15 is 0 Å². The summed E-state index contributed by atoms with van der Waals surface area (Å²) in [6.07, 6.45) is 8.80. The van der Waals surface area contributed by atoms with Crippen LogP contribution < -0.4 is 10.9 Å². The maximum absolute atomic E-state index is 13.6. The Morgan fingerprint density at radius 3 is 2.78 bits per heavy atom. The molecule has 1 atom stereocenters. The Labute approximate surface area is 167 Å². The number of rotatable bonds is 5. The third-order valence-electron chi connectivity index (χ3n) is 5.68. The molecule has 7 heteroatoms. The van der Waals surface area contributed by atoms with Gasteiger partial charge in [0, 0.05) is 17.5 Å². The van der Waals surface area contributed by atoms with Crippen molar-refractivity contribution in [2.45, 2.75) is 81.7 Å². The molecule has 2 aliphatic carbocycles. The zero-order valence-electron chi connectivity index (χ0n) is 16.0.